The second-order valence-electron chi connectivity index (χ2n) is 6.31. The summed E-state index contributed by atoms with van der Waals surface area (Å²) in [7, 11) is 0. The van der Waals surface area contributed by atoms with E-state index in [1.165, 1.54) is 0 Å². The van der Waals surface area contributed by atoms with Crippen molar-refractivity contribution in [1.29, 1.82) is 0 Å². The molecule has 0 spiro atoms. The molecule has 1 heterocycles. The van der Waals surface area contributed by atoms with Crippen molar-refractivity contribution >= 4 is 11.9 Å². The van der Waals surface area contributed by atoms with Gasteiger partial charge in [-0.1, -0.05) is 13.8 Å². The van der Waals surface area contributed by atoms with Crippen LogP contribution in [0.25, 0.3) is 0 Å². The molecule has 2 unspecified atom stereocenters. The number of hydrogen-bond acceptors (Lipinski definition) is 3. The topological polar surface area (TPSA) is 66.8 Å². The standard InChI is InChI=1S/C16H29NO4/c1-12(2)9-11-21-13(3)16(20)17-10-5-4-6-14(17)7-8-15(18)19/h12-14H,4-11H2,1-3H3,(H,18,19). The normalized spacial score (nSPS) is 20.6. The van der Waals surface area contributed by atoms with Gasteiger partial charge in [-0.05, 0) is 44.9 Å². The van der Waals surface area contributed by atoms with E-state index in [0.717, 1.165) is 32.2 Å². The minimum atomic E-state index is -0.797. The number of carbonyl (C=O) groups excluding carboxylic acids is 1. The van der Waals surface area contributed by atoms with Crippen LogP contribution in [0.5, 0.6) is 0 Å². The molecule has 122 valence electrons. The van der Waals surface area contributed by atoms with Crippen molar-refractivity contribution in [2.24, 2.45) is 5.92 Å². The summed E-state index contributed by atoms with van der Waals surface area (Å²) in [5.41, 5.74) is 0. The molecule has 1 N–H and O–H groups in total. The molecule has 0 aliphatic carbocycles. The summed E-state index contributed by atoms with van der Waals surface area (Å²) in [6.45, 7) is 7.37. The Labute approximate surface area is 127 Å². The monoisotopic (exact) mass is 299 g/mol. The Balaban J connectivity index is 2.49. The van der Waals surface area contributed by atoms with E-state index in [9.17, 15) is 9.59 Å². The summed E-state index contributed by atoms with van der Waals surface area (Å²) >= 11 is 0. The van der Waals surface area contributed by atoms with Crippen LogP contribution in [0.2, 0.25) is 0 Å². The number of piperidine rings is 1. The molecule has 1 aliphatic rings. The summed E-state index contributed by atoms with van der Waals surface area (Å²) in [5.74, 6) is -0.228. The number of nitrogens with zero attached hydrogens (tertiary/aromatic N) is 1. The van der Waals surface area contributed by atoms with E-state index < -0.39 is 12.1 Å². The fourth-order valence-electron chi connectivity index (χ4n) is 2.67. The van der Waals surface area contributed by atoms with Crippen LogP contribution in [0.4, 0.5) is 0 Å². The number of carbonyl (C=O) groups is 2. The van der Waals surface area contributed by atoms with E-state index in [1.807, 2.05) is 4.90 Å². The van der Waals surface area contributed by atoms with Crippen LogP contribution >= 0.6 is 0 Å². The second kappa shape index (κ2) is 9.03. The largest absolute Gasteiger partial charge is 0.481 e. The second-order valence-corrected chi connectivity index (χ2v) is 6.31. The van der Waals surface area contributed by atoms with E-state index in [-0.39, 0.29) is 18.4 Å². The van der Waals surface area contributed by atoms with Crippen LogP contribution in [0, 0.1) is 5.92 Å². The van der Waals surface area contributed by atoms with Gasteiger partial charge in [-0.3, -0.25) is 9.59 Å². The number of ether oxygens (including phenoxy) is 1. The van der Waals surface area contributed by atoms with Crippen LogP contribution in [-0.2, 0) is 14.3 Å². The SMILES string of the molecule is CC(C)CCOC(C)C(=O)N1CCCCC1CCC(=O)O. The van der Waals surface area contributed by atoms with Crippen LogP contribution in [0.15, 0.2) is 0 Å². The van der Waals surface area contributed by atoms with Crippen molar-refractivity contribution in [3.63, 3.8) is 0 Å². The molecule has 1 rings (SSSR count). The zero-order valence-corrected chi connectivity index (χ0v) is 13.5. The number of carboxylic acid groups (broad SMARTS) is 1. The van der Waals surface area contributed by atoms with Crippen molar-refractivity contribution in [3.05, 3.63) is 0 Å². The predicted octanol–water partition coefficient (Wildman–Crippen LogP) is 2.68. The minimum Gasteiger partial charge on any atom is -0.481 e. The van der Waals surface area contributed by atoms with Gasteiger partial charge in [0, 0.05) is 25.6 Å². The summed E-state index contributed by atoms with van der Waals surface area (Å²) in [5, 5.41) is 8.82. The van der Waals surface area contributed by atoms with Crippen molar-refractivity contribution in [3.8, 4) is 0 Å². The van der Waals surface area contributed by atoms with Gasteiger partial charge < -0.3 is 14.7 Å². The van der Waals surface area contributed by atoms with Gasteiger partial charge in [0.2, 0.25) is 0 Å². The molecule has 1 fully saturated rings. The summed E-state index contributed by atoms with van der Waals surface area (Å²) in [6.07, 6.45) is 4.13. The van der Waals surface area contributed by atoms with Gasteiger partial charge in [0.15, 0.2) is 0 Å². The maximum Gasteiger partial charge on any atom is 0.303 e. The quantitative estimate of drug-likeness (QED) is 0.748. The molecule has 5 heteroatoms. The third-order valence-electron chi connectivity index (χ3n) is 4.01. The van der Waals surface area contributed by atoms with Gasteiger partial charge in [0.25, 0.3) is 5.91 Å². The molecule has 0 aromatic rings. The lowest BCUT2D eigenvalue weighted by Gasteiger charge is -2.37. The average molecular weight is 299 g/mol. The molecular weight excluding hydrogens is 270 g/mol. The number of carboxylic acids is 1. The molecule has 1 saturated heterocycles. The van der Waals surface area contributed by atoms with Crippen LogP contribution in [-0.4, -0.2) is 47.2 Å². The number of likely N-dealkylation sites (tertiary alicyclic amines) is 1. The highest BCUT2D eigenvalue weighted by Gasteiger charge is 2.30. The zero-order chi connectivity index (χ0) is 15.8. The molecule has 0 aromatic carbocycles. The lowest BCUT2D eigenvalue weighted by atomic mass is 9.97. The molecule has 0 radical (unpaired) electrons. The third kappa shape index (κ3) is 6.46. The fourth-order valence-corrected chi connectivity index (χ4v) is 2.67. The van der Waals surface area contributed by atoms with Crippen molar-refractivity contribution in [1.82, 2.24) is 4.90 Å². The van der Waals surface area contributed by atoms with Crippen molar-refractivity contribution in [2.75, 3.05) is 13.2 Å². The summed E-state index contributed by atoms with van der Waals surface area (Å²) in [4.78, 5) is 25.1. The number of hydrogen-bond donors (Lipinski definition) is 1. The Morgan fingerprint density at radius 2 is 2.00 bits per heavy atom. The highest BCUT2D eigenvalue weighted by molar-refractivity contribution is 5.81. The molecule has 21 heavy (non-hydrogen) atoms. The van der Waals surface area contributed by atoms with Gasteiger partial charge in [-0.15, -0.1) is 0 Å². The summed E-state index contributed by atoms with van der Waals surface area (Å²) in [6, 6.07) is 0.0542. The number of aliphatic carboxylic acids is 1. The maximum absolute atomic E-state index is 12.5. The zero-order valence-electron chi connectivity index (χ0n) is 13.5. The average Bonchev–Trinajstić information content (AvgIpc) is 2.44. The molecule has 0 saturated carbocycles. The van der Waals surface area contributed by atoms with Gasteiger partial charge >= 0.3 is 5.97 Å². The lowest BCUT2D eigenvalue weighted by molar-refractivity contribution is -0.148. The van der Waals surface area contributed by atoms with Crippen LogP contribution in [0.1, 0.15) is 59.3 Å². The first-order valence-corrected chi connectivity index (χ1v) is 8.05. The van der Waals surface area contributed by atoms with E-state index in [4.69, 9.17) is 9.84 Å². The van der Waals surface area contributed by atoms with Crippen LogP contribution < -0.4 is 0 Å². The van der Waals surface area contributed by atoms with Gasteiger partial charge in [-0.2, -0.15) is 0 Å². The summed E-state index contributed by atoms with van der Waals surface area (Å²) < 4.78 is 5.63. The molecule has 0 aromatic heterocycles. The van der Waals surface area contributed by atoms with Gasteiger partial charge in [-0.25, -0.2) is 0 Å². The lowest BCUT2D eigenvalue weighted by Crippen LogP contribution is -2.48. The Kier molecular flexibility index (Phi) is 7.72. The molecule has 0 bridgehead atoms. The smallest absolute Gasteiger partial charge is 0.303 e. The highest BCUT2D eigenvalue weighted by atomic mass is 16.5. The minimum absolute atomic E-state index is 0.00819. The molecular formula is C16H29NO4. The van der Waals surface area contributed by atoms with E-state index in [1.54, 1.807) is 6.92 Å². The maximum atomic E-state index is 12.5. The van der Waals surface area contributed by atoms with E-state index in [0.29, 0.717) is 18.9 Å². The third-order valence-corrected chi connectivity index (χ3v) is 4.01. The van der Waals surface area contributed by atoms with E-state index in [2.05, 4.69) is 13.8 Å². The van der Waals surface area contributed by atoms with Gasteiger partial charge in [0.05, 0.1) is 0 Å². The first-order chi connectivity index (χ1) is 9.91. The van der Waals surface area contributed by atoms with Crippen LogP contribution in [0.3, 0.4) is 0 Å². The van der Waals surface area contributed by atoms with Crippen molar-refractivity contribution < 1.29 is 19.4 Å². The Morgan fingerprint density at radius 3 is 2.62 bits per heavy atom. The Morgan fingerprint density at radius 1 is 1.29 bits per heavy atom. The highest BCUT2D eigenvalue weighted by Crippen LogP contribution is 2.22. The van der Waals surface area contributed by atoms with E-state index >= 15 is 0 Å². The van der Waals surface area contributed by atoms with Crippen molar-refractivity contribution in [2.45, 2.75) is 71.4 Å². The fraction of sp³-hybridized carbons (Fsp3) is 0.875. The predicted molar refractivity (Wildman–Crippen MR) is 81.1 cm³/mol. The number of amides is 1. The molecule has 2 atom stereocenters. The first-order valence-electron chi connectivity index (χ1n) is 8.05. The van der Waals surface area contributed by atoms with Gasteiger partial charge in [0.1, 0.15) is 6.10 Å². The Hall–Kier alpha value is -1.10. The number of rotatable bonds is 8. The molecule has 1 aliphatic heterocycles. The molecule has 1 amide bonds. The Bertz CT molecular complexity index is 343. The molecule has 5 nitrogen and oxygen atoms in total. The first kappa shape index (κ1) is 18.0.